The van der Waals surface area contributed by atoms with Gasteiger partial charge in [-0.1, -0.05) is 17.7 Å². The van der Waals surface area contributed by atoms with E-state index in [1.807, 2.05) is 0 Å². The molecule has 0 aliphatic rings. The molecule has 0 aliphatic carbocycles. The number of aryl methyl sites for hydroxylation is 1. The molecule has 2 aromatic carbocycles. The van der Waals surface area contributed by atoms with E-state index in [2.05, 4.69) is 10.5 Å². The number of rotatable bonds is 8. The quantitative estimate of drug-likeness (QED) is 0.341. The number of carboxylic acid groups (broad SMARTS) is 2. The number of nitrogens with zero attached hydrogens (tertiary/aromatic N) is 2. The third-order valence-corrected chi connectivity index (χ3v) is 4.93. The number of aromatic carboxylic acids is 2. The van der Waals surface area contributed by atoms with Crippen molar-refractivity contribution in [1.29, 1.82) is 0 Å². The molecule has 170 valence electrons. The molecule has 3 N–H and O–H groups in total. The first-order chi connectivity index (χ1) is 15.7. The number of hydrogen-bond donors (Lipinski definition) is 3. The highest BCUT2D eigenvalue weighted by molar-refractivity contribution is 6.30. The van der Waals surface area contributed by atoms with Crippen LogP contribution in [0.5, 0.6) is 5.75 Å². The topological polar surface area (TPSA) is 130 Å². The Morgan fingerprint density at radius 3 is 2.33 bits per heavy atom. The normalized spacial score (nSPS) is 10.9. The van der Waals surface area contributed by atoms with Crippen LogP contribution in [-0.4, -0.2) is 45.4 Å². The maximum absolute atomic E-state index is 12.0. The first-order valence-corrected chi connectivity index (χ1v) is 10.0. The van der Waals surface area contributed by atoms with Gasteiger partial charge in [0.05, 0.1) is 17.3 Å². The van der Waals surface area contributed by atoms with Crippen LogP contribution < -0.4 is 10.2 Å². The van der Waals surface area contributed by atoms with Crippen LogP contribution in [-0.2, 0) is 4.79 Å². The lowest BCUT2D eigenvalue weighted by atomic mass is 10.1. The third kappa shape index (κ3) is 5.78. The van der Waals surface area contributed by atoms with Crippen LogP contribution in [0, 0.1) is 13.8 Å². The van der Waals surface area contributed by atoms with Crippen molar-refractivity contribution in [3.63, 3.8) is 0 Å². The van der Waals surface area contributed by atoms with Gasteiger partial charge >= 0.3 is 11.9 Å². The Kier molecular flexibility index (Phi) is 7.14. The standard InChI is InChI=1S/C23H20ClN3O6/c1-13-6-17(11-25-26-21(28)12-33-20-5-3-4-18(24)10-20)14(2)27(13)19-8-15(22(29)30)7-16(9-19)23(31)32/h3-11H,12H2,1-2H3,(H,26,28)(H,29,30)(H,31,32)/b25-11+. The number of amides is 1. The number of halogens is 1. The SMILES string of the molecule is Cc1cc(/C=N/NC(=O)COc2cccc(Cl)c2)c(C)n1-c1cc(C(=O)O)cc(C(=O)O)c1. The van der Waals surface area contributed by atoms with Crippen LogP contribution in [0.15, 0.2) is 53.6 Å². The first kappa shape index (κ1) is 23.6. The van der Waals surface area contributed by atoms with Crippen LogP contribution in [0.2, 0.25) is 5.02 Å². The number of benzene rings is 2. The lowest BCUT2D eigenvalue weighted by Crippen LogP contribution is -2.24. The second kappa shape index (κ2) is 10.0. The summed E-state index contributed by atoms with van der Waals surface area (Å²) in [6, 6.07) is 12.3. The minimum Gasteiger partial charge on any atom is -0.484 e. The monoisotopic (exact) mass is 469 g/mol. The van der Waals surface area contributed by atoms with Gasteiger partial charge < -0.3 is 19.5 Å². The molecule has 1 amide bonds. The Morgan fingerprint density at radius 2 is 1.73 bits per heavy atom. The van der Waals surface area contributed by atoms with Gasteiger partial charge in [-0.15, -0.1) is 0 Å². The Morgan fingerprint density at radius 1 is 1.06 bits per heavy atom. The van der Waals surface area contributed by atoms with Gasteiger partial charge in [-0.2, -0.15) is 5.10 Å². The Bertz CT molecular complexity index is 1230. The summed E-state index contributed by atoms with van der Waals surface area (Å²) in [6.07, 6.45) is 1.44. The van der Waals surface area contributed by atoms with E-state index < -0.39 is 17.8 Å². The molecule has 0 spiro atoms. The molecule has 1 heterocycles. The van der Waals surface area contributed by atoms with Crippen LogP contribution in [0.1, 0.15) is 37.7 Å². The number of aromatic nitrogens is 1. The molecule has 3 aromatic rings. The summed E-state index contributed by atoms with van der Waals surface area (Å²) < 4.78 is 7.06. The van der Waals surface area contributed by atoms with E-state index >= 15 is 0 Å². The highest BCUT2D eigenvalue weighted by atomic mass is 35.5. The van der Waals surface area contributed by atoms with E-state index in [0.29, 0.717) is 27.7 Å². The molecule has 0 atom stereocenters. The third-order valence-electron chi connectivity index (χ3n) is 4.70. The maximum atomic E-state index is 12.0. The number of nitrogens with one attached hydrogen (secondary N) is 1. The van der Waals surface area contributed by atoms with Gasteiger partial charge in [-0.05, 0) is 56.3 Å². The minimum atomic E-state index is -1.23. The van der Waals surface area contributed by atoms with Crippen molar-refractivity contribution in [3.8, 4) is 11.4 Å². The molecule has 0 saturated heterocycles. The molecule has 3 rings (SSSR count). The van der Waals surface area contributed by atoms with Crippen molar-refractivity contribution < 1.29 is 29.3 Å². The number of carbonyl (C=O) groups excluding carboxylic acids is 1. The van der Waals surface area contributed by atoms with Gasteiger partial charge in [-0.3, -0.25) is 4.79 Å². The van der Waals surface area contributed by atoms with Gasteiger partial charge in [0.15, 0.2) is 6.61 Å². The molecule has 0 unspecified atom stereocenters. The minimum absolute atomic E-state index is 0.139. The molecule has 33 heavy (non-hydrogen) atoms. The molecule has 9 nitrogen and oxygen atoms in total. The fourth-order valence-electron chi connectivity index (χ4n) is 3.21. The van der Waals surface area contributed by atoms with Gasteiger partial charge in [0.1, 0.15) is 5.75 Å². The highest BCUT2D eigenvalue weighted by Gasteiger charge is 2.16. The molecule has 0 saturated carbocycles. The maximum Gasteiger partial charge on any atom is 0.335 e. The predicted molar refractivity (Wildman–Crippen MR) is 122 cm³/mol. The van der Waals surface area contributed by atoms with E-state index in [1.165, 1.54) is 18.3 Å². The number of ether oxygens (including phenoxy) is 1. The van der Waals surface area contributed by atoms with E-state index in [9.17, 15) is 24.6 Å². The number of hydrogen-bond acceptors (Lipinski definition) is 5. The Hall–Kier alpha value is -4.11. The number of carbonyl (C=O) groups is 3. The number of hydrazone groups is 1. The predicted octanol–water partition coefficient (Wildman–Crippen LogP) is 3.67. The molecular formula is C23H20ClN3O6. The van der Waals surface area contributed by atoms with Crippen molar-refractivity contribution in [2.75, 3.05) is 6.61 Å². The van der Waals surface area contributed by atoms with Crippen molar-refractivity contribution in [2.45, 2.75) is 13.8 Å². The Labute approximate surface area is 193 Å². The zero-order chi connectivity index (χ0) is 24.1. The molecule has 0 bridgehead atoms. The summed E-state index contributed by atoms with van der Waals surface area (Å²) in [5.41, 5.74) is 4.54. The zero-order valence-corrected chi connectivity index (χ0v) is 18.5. The average molecular weight is 470 g/mol. The first-order valence-electron chi connectivity index (χ1n) is 9.67. The summed E-state index contributed by atoms with van der Waals surface area (Å²) in [6.45, 7) is 3.30. The second-order valence-electron chi connectivity index (χ2n) is 7.08. The lowest BCUT2D eigenvalue weighted by molar-refractivity contribution is -0.123. The highest BCUT2D eigenvalue weighted by Crippen LogP contribution is 2.22. The van der Waals surface area contributed by atoms with Crippen LogP contribution in [0.3, 0.4) is 0 Å². The van der Waals surface area contributed by atoms with Gasteiger partial charge in [0.25, 0.3) is 5.91 Å². The van der Waals surface area contributed by atoms with Crippen molar-refractivity contribution in [2.24, 2.45) is 5.10 Å². The summed E-state index contributed by atoms with van der Waals surface area (Å²) in [5, 5.41) is 23.1. The molecule has 0 fully saturated rings. The van der Waals surface area contributed by atoms with Crippen LogP contribution >= 0.6 is 11.6 Å². The van der Waals surface area contributed by atoms with Gasteiger partial charge in [0.2, 0.25) is 0 Å². The Balaban J connectivity index is 1.75. The van der Waals surface area contributed by atoms with Gasteiger partial charge in [0, 0.05) is 27.7 Å². The van der Waals surface area contributed by atoms with E-state index in [-0.39, 0.29) is 17.7 Å². The fraction of sp³-hybridized carbons (Fsp3) is 0.130. The van der Waals surface area contributed by atoms with E-state index in [1.54, 1.807) is 48.7 Å². The summed E-state index contributed by atoms with van der Waals surface area (Å²) in [7, 11) is 0. The average Bonchev–Trinajstić information content (AvgIpc) is 3.05. The largest absolute Gasteiger partial charge is 0.484 e. The van der Waals surface area contributed by atoms with Crippen LogP contribution in [0.4, 0.5) is 0 Å². The molecule has 0 aliphatic heterocycles. The summed E-state index contributed by atoms with van der Waals surface area (Å²) >= 11 is 5.87. The van der Waals surface area contributed by atoms with E-state index in [0.717, 1.165) is 11.8 Å². The van der Waals surface area contributed by atoms with Crippen LogP contribution in [0.25, 0.3) is 5.69 Å². The molecule has 10 heteroatoms. The molecule has 0 radical (unpaired) electrons. The van der Waals surface area contributed by atoms with E-state index in [4.69, 9.17) is 16.3 Å². The molecular weight excluding hydrogens is 450 g/mol. The second-order valence-corrected chi connectivity index (χ2v) is 7.52. The number of carboxylic acids is 2. The smallest absolute Gasteiger partial charge is 0.335 e. The summed E-state index contributed by atoms with van der Waals surface area (Å²) in [4.78, 5) is 34.8. The van der Waals surface area contributed by atoms with Gasteiger partial charge in [-0.25, -0.2) is 15.0 Å². The zero-order valence-electron chi connectivity index (χ0n) is 17.7. The molecule has 1 aromatic heterocycles. The fourth-order valence-corrected chi connectivity index (χ4v) is 3.39. The summed E-state index contributed by atoms with van der Waals surface area (Å²) in [5.74, 6) is -2.48. The van der Waals surface area contributed by atoms with Crippen molar-refractivity contribution in [1.82, 2.24) is 9.99 Å². The van der Waals surface area contributed by atoms with Crippen molar-refractivity contribution >= 4 is 35.7 Å². The van der Waals surface area contributed by atoms with Crippen molar-refractivity contribution in [3.05, 3.63) is 81.6 Å². The lowest BCUT2D eigenvalue weighted by Gasteiger charge is -2.12.